The van der Waals surface area contributed by atoms with Gasteiger partial charge >= 0.3 is 0 Å². The van der Waals surface area contributed by atoms with E-state index in [0.717, 1.165) is 5.56 Å². The van der Waals surface area contributed by atoms with Gasteiger partial charge in [0.1, 0.15) is 5.75 Å². The Balaban J connectivity index is 1.73. The highest BCUT2D eigenvalue weighted by Crippen LogP contribution is 2.28. The molecule has 0 aliphatic carbocycles. The van der Waals surface area contributed by atoms with Crippen molar-refractivity contribution in [2.75, 3.05) is 11.9 Å². The van der Waals surface area contributed by atoms with Crippen LogP contribution in [0.1, 0.15) is 37.9 Å². The SMILES string of the molecule is C=C(NCc1ccc2c(c1)NC(=O)CO2)c1nc(C(C)(C)C)cc(=O)[nH]1. The lowest BCUT2D eigenvalue weighted by Crippen LogP contribution is -2.25. The second kappa shape index (κ2) is 6.67. The van der Waals surface area contributed by atoms with Gasteiger partial charge in [0.2, 0.25) is 0 Å². The molecule has 2 heterocycles. The van der Waals surface area contributed by atoms with E-state index in [1.807, 2.05) is 39.0 Å². The topological polar surface area (TPSA) is 96.1 Å². The fourth-order valence-corrected chi connectivity index (χ4v) is 2.52. The number of amides is 1. The lowest BCUT2D eigenvalue weighted by molar-refractivity contribution is -0.118. The predicted molar refractivity (Wildman–Crippen MR) is 100.0 cm³/mol. The molecule has 0 bridgehead atoms. The van der Waals surface area contributed by atoms with Crippen LogP contribution in [0.3, 0.4) is 0 Å². The standard InChI is InChI=1S/C19H22N4O3/c1-11(18-22-15(19(2,3)4)8-16(24)23-18)20-9-12-5-6-14-13(7-12)21-17(25)10-26-14/h5-8,20H,1,9-10H2,2-4H3,(H,21,25)(H,22,23,24). The fourth-order valence-electron chi connectivity index (χ4n) is 2.52. The van der Waals surface area contributed by atoms with Crippen molar-refractivity contribution >= 4 is 17.3 Å². The summed E-state index contributed by atoms with van der Waals surface area (Å²) >= 11 is 0. The minimum atomic E-state index is -0.236. The van der Waals surface area contributed by atoms with E-state index < -0.39 is 0 Å². The quantitative estimate of drug-likeness (QED) is 0.782. The molecule has 1 aliphatic heterocycles. The molecule has 0 atom stereocenters. The molecule has 3 N–H and O–H groups in total. The zero-order valence-corrected chi connectivity index (χ0v) is 15.1. The van der Waals surface area contributed by atoms with Gasteiger partial charge in [-0.05, 0) is 17.7 Å². The van der Waals surface area contributed by atoms with Crippen LogP contribution in [0.2, 0.25) is 0 Å². The van der Waals surface area contributed by atoms with Gasteiger partial charge < -0.3 is 20.4 Å². The first-order valence-corrected chi connectivity index (χ1v) is 8.33. The summed E-state index contributed by atoms with van der Waals surface area (Å²) in [6.07, 6.45) is 0. The summed E-state index contributed by atoms with van der Waals surface area (Å²) in [4.78, 5) is 30.5. The third-order valence-corrected chi connectivity index (χ3v) is 3.98. The largest absolute Gasteiger partial charge is 0.482 e. The fraction of sp³-hybridized carbons (Fsp3) is 0.316. The number of nitrogens with one attached hydrogen (secondary N) is 3. The number of benzene rings is 1. The smallest absolute Gasteiger partial charge is 0.262 e. The van der Waals surface area contributed by atoms with Crippen LogP contribution in [0.5, 0.6) is 5.75 Å². The van der Waals surface area contributed by atoms with Crippen molar-refractivity contribution in [2.24, 2.45) is 0 Å². The Morgan fingerprint density at radius 1 is 1.31 bits per heavy atom. The Kier molecular flexibility index (Phi) is 4.54. The average molecular weight is 354 g/mol. The zero-order valence-electron chi connectivity index (χ0n) is 15.1. The molecule has 0 unspecified atom stereocenters. The Morgan fingerprint density at radius 2 is 2.08 bits per heavy atom. The van der Waals surface area contributed by atoms with E-state index >= 15 is 0 Å². The van der Waals surface area contributed by atoms with Crippen molar-refractivity contribution in [3.05, 3.63) is 58.3 Å². The lowest BCUT2D eigenvalue weighted by Gasteiger charge is -2.19. The summed E-state index contributed by atoms with van der Waals surface area (Å²) in [5, 5.41) is 5.94. The maximum Gasteiger partial charge on any atom is 0.262 e. The van der Waals surface area contributed by atoms with Crippen LogP contribution in [0.4, 0.5) is 5.69 Å². The van der Waals surface area contributed by atoms with E-state index in [4.69, 9.17) is 4.74 Å². The summed E-state index contributed by atoms with van der Waals surface area (Å²) in [6, 6.07) is 7.06. The second-order valence-electron chi connectivity index (χ2n) is 7.23. The molecule has 1 aromatic heterocycles. The summed E-state index contributed by atoms with van der Waals surface area (Å²) in [6.45, 7) is 10.5. The Hall–Kier alpha value is -3.09. The van der Waals surface area contributed by atoms with Crippen molar-refractivity contribution in [1.29, 1.82) is 0 Å². The van der Waals surface area contributed by atoms with Crippen molar-refractivity contribution in [1.82, 2.24) is 15.3 Å². The van der Waals surface area contributed by atoms with Crippen LogP contribution in [0.15, 0.2) is 35.6 Å². The van der Waals surface area contributed by atoms with Gasteiger partial charge in [-0.2, -0.15) is 0 Å². The van der Waals surface area contributed by atoms with Crippen molar-refractivity contribution < 1.29 is 9.53 Å². The van der Waals surface area contributed by atoms with E-state index in [1.54, 1.807) is 0 Å². The number of nitrogens with zero attached hydrogens (tertiary/aromatic N) is 1. The van der Waals surface area contributed by atoms with Crippen LogP contribution >= 0.6 is 0 Å². The number of rotatable bonds is 4. The van der Waals surface area contributed by atoms with Crippen LogP contribution in [0, 0.1) is 0 Å². The van der Waals surface area contributed by atoms with Crippen LogP contribution in [-0.2, 0) is 16.8 Å². The summed E-state index contributed by atoms with van der Waals surface area (Å²) in [7, 11) is 0. The second-order valence-corrected chi connectivity index (χ2v) is 7.23. The normalized spacial score (nSPS) is 13.4. The van der Waals surface area contributed by atoms with Gasteiger partial charge in [-0.3, -0.25) is 9.59 Å². The van der Waals surface area contributed by atoms with E-state index in [2.05, 4.69) is 27.2 Å². The highest BCUT2D eigenvalue weighted by Gasteiger charge is 2.18. The summed E-state index contributed by atoms with van der Waals surface area (Å²) in [5.41, 5.74) is 2.35. The van der Waals surface area contributed by atoms with Gasteiger partial charge in [0.15, 0.2) is 12.4 Å². The van der Waals surface area contributed by atoms with E-state index in [0.29, 0.717) is 35.2 Å². The third kappa shape index (κ3) is 3.93. The first kappa shape index (κ1) is 17.7. The van der Waals surface area contributed by atoms with Gasteiger partial charge in [0.05, 0.1) is 17.1 Å². The van der Waals surface area contributed by atoms with Gasteiger partial charge in [-0.1, -0.05) is 33.4 Å². The number of carbonyl (C=O) groups excluding carboxylic acids is 1. The molecule has 1 amide bonds. The number of hydrogen-bond donors (Lipinski definition) is 3. The molecule has 3 rings (SSSR count). The Bertz CT molecular complexity index is 925. The van der Waals surface area contributed by atoms with E-state index in [1.165, 1.54) is 6.07 Å². The zero-order chi connectivity index (χ0) is 18.9. The Morgan fingerprint density at radius 3 is 2.81 bits per heavy atom. The predicted octanol–water partition coefficient (Wildman–Crippen LogP) is 2.16. The molecule has 136 valence electrons. The molecule has 0 radical (unpaired) electrons. The number of aromatic nitrogens is 2. The molecular formula is C19H22N4O3. The highest BCUT2D eigenvalue weighted by atomic mass is 16.5. The van der Waals surface area contributed by atoms with Crippen LogP contribution in [-0.4, -0.2) is 22.5 Å². The monoisotopic (exact) mass is 354 g/mol. The average Bonchev–Trinajstić information content (AvgIpc) is 2.58. The molecule has 0 saturated carbocycles. The minimum Gasteiger partial charge on any atom is -0.482 e. The lowest BCUT2D eigenvalue weighted by atomic mass is 9.92. The van der Waals surface area contributed by atoms with E-state index in [-0.39, 0.29) is 23.5 Å². The molecule has 7 nitrogen and oxygen atoms in total. The van der Waals surface area contributed by atoms with Crippen molar-refractivity contribution in [3.8, 4) is 5.75 Å². The number of aromatic amines is 1. The number of carbonyl (C=O) groups is 1. The molecule has 0 fully saturated rings. The van der Waals surface area contributed by atoms with E-state index in [9.17, 15) is 9.59 Å². The molecule has 1 aliphatic rings. The molecule has 7 heteroatoms. The third-order valence-electron chi connectivity index (χ3n) is 3.98. The Labute approximate surface area is 151 Å². The molecule has 2 aromatic rings. The number of H-pyrrole nitrogens is 1. The maximum absolute atomic E-state index is 11.9. The number of anilines is 1. The summed E-state index contributed by atoms with van der Waals surface area (Å²) in [5.74, 6) is 0.890. The molecule has 0 saturated heterocycles. The summed E-state index contributed by atoms with van der Waals surface area (Å²) < 4.78 is 5.34. The molecule has 26 heavy (non-hydrogen) atoms. The van der Waals surface area contributed by atoms with Crippen LogP contribution in [0.25, 0.3) is 5.70 Å². The number of ether oxygens (including phenoxy) is 1. The highest BCUT2D eigenvalue weighted by molar-refractivity contribution is 5.95. The minimum absolute atomic E-state index is 0.0323. The molecular weight excluding hydrogens is 332 g/mol. The first-order valence-electron chi connectivity index (χ1n) is 8.33. The number of fused-ring (bicyclic) bond motifs is 1. The molecule has 1 aromatic carbocycles. The first-order chi connectivity index (χ1) is 12.2. The van der Waals surface area contributed by atoms with Crippen LogP contribution < -0.4 is 20.9 Å². The van der Waals surface area contributed by atoms with Gasteiger partial charge in [0, 0.05) is 18.0 Å². The van der Waals surface area contributed by atoms with Gasteiger partial charge in [0.25, 0.3) is 11.5 Å². The maximum atomic E-state index is 11.9. The van der Waals surface area contributed by atoms with Gasteiger partial charge in [-0.25, -0.2) is 4.98 Å². The number of hydrogen-bond acceptors (Lipinski definition) is 5. The molecule has 0 spiro atoms. The van der Waals surface area contributed by atoms with Gasteiger partial charge in [-0.15, -0.1) is 0 Å². The van der Waals surface area contributed by atoms with Crippen molar-refractivity contribution in [2.45, 2.75) is 32.7 Å². The van der Waals surface area contributed by atoms with Crippen molar-refractivity contribution in [3.63, 3.8) is 0 Å².